The number of fused-ring (bicyclic) bond motifs is 1. The Morgan fingerprint density at radius 2 is 1.89 bits per heavy atom. The Bertz CT molecular complexity index is 969. The highest BCUT2D eigenvalue weighted by molar-refractivity contribution is 14.1. The van der Waals surface area contributed by atoms with Gasteiger partial charge in [0, 0.05) is 17.3 Å². The largest absolute Gasteiger partial charge is 0.480 e. The van der Waals surface area contributed by atoms with Gasteiger partial charge in [-0.05, 0) is 64.8 Å². The summed E-state index contributed by atoms with van der Waals surface area (Å²) in [6.45, 7) is 4.06. The van der Waals surface area contributed by atoms with Crippen LogP contribution in [0.25, 0.3) is 10.9 Å². The maximum absolute atomic E-state index is 12.6. The third-order valence-electron chi connectivity index (χ3n) is 4.36. The van der Waals surface area contributed by atoms with Gasteiger partial charge in [-0.15, -0.1) is 0 Å². The number of carbonyl (C=O) groups excluding carboxylic acids is 1. The Morgan fingerprint density at radius 1 is 1.19 bits per heavy atom. The molecule has 0 spiro atoms. The third-order valence-corrected chi connectivity index (χ3v) is 5.48. The monoisotopic (exact) mass is 494 g/mol. The topological polar surface area (TPSA) is 51.2 Å². The summed E-state index contributed by atoms with van der Waals surface area (Å²) in [6, 6.07) is 11.6. The first-order valence-corrected chi connectivity index (χ1v) is 10.3. The van der Waals surface area contributed by atoms with Crippen molar-refractivity contribution in [1.29, 1.82) is 0 Å². The molecule has 0 aliphatic heterocycles. The second-order valence-corrected chi connectivity index (χ2v) is 7.63. The molecule has 1 heterocycles. The van der Waals surface area contributed by atoms with Gasteiger partial charge in [-0.1, -0.05) is 43.6 Å². The van der Waals surface area contributed by atoms with Gasteiger partial charge < -0.3 is 10.1 Å². The van der Waals surface area contributed by atoms with Crippen molar-refractivity contribution in [3.63, 3.8) is 0 Å². The molecular weight excluding hydrogens is 475 g/mol. The molecule has 3 aromatic rings. The van der Waals surface area contributed by atoms with E-state index in [1.54, 1.807) is 6.20 Å². The Morgan fingerprint density at radius 3 is 2.56 bits per heavy atom. The number of ether oxygens (including phenoxy) is 1. The van der Waals surface area contributed by atoms with Crippen LogP contribution in [0.5, 0.6) is 5.75 Å². The highest BCUT2D eigenvalue weighted by Crippen LogP contribution is 2.34. The van der Waals surface area contributed by atoms with Crippen LogP contribution in [-0.4, -0.2) is 17.5 Å². The molecule has 0 aliphatic carbocycles. The number of anilines is 1. The normalized spacial score (nSPS) is 10.8. The van der Waals surface area contributed by atoms with Crippen LogP contribution < -0.4 is 10.1 Å². The summed E-state index contributed by atoms with van der Waals surface area (Å²) in [5, 5.41) is 4.44. The first-order chi connectivity index (χ1) is 13.0. The molecule has 3 rings (SSSR count). The van der Waals surface area contributed by atoms with Crippen molar-refractivity contribution in [2.45, 2.75) is 26.7 Å². The van der Waals surface area contributed by atoms with Crippen molar-refractivity contribution >= 4 is 56.7 Å². The maximum atomic E-state index is 12.6. The molecule has 1 N–H and O–H groups in total. The van der Waals surface area contributed by atoms with Gasteiger partial charge in [0.05, 0.1) is 8.59 Å². The van der Waals surface area contributed by atoms with E-state index in [1.807, 2.05) is 36.4 Å². The van der Waals surface area contributed by atoms with E-state index in [2.05, 4.69) is 46.7 Å². The summed E-state index contributed by atoms with van der Waals surface area (Å²) in [5.41, 5.74) is 3.79. The molecule has 27 heavy (non-hydrogen) atoms. The molecular formula is C21H20ClIN2O2. The van der Waals surface area contributed by atoms with Crippen molar-refractivity contribution in [3.05, 3.63) is 62.3 Å². The molecule has 140 valence electrons. The van der Waals surface area contributed by atoms with Crippen LogP contribution in [0.15, 0.2) is 42.6 Å². The number of aryl methyl sites for hydroxylation is 2. The predicted molar refractivity (Wildman–Crippen MR) is 119 cm³/mol. The zero-order valence-electron chi connectivity index (χ0n) is 15.2. The lowest BCUT2D eigenvalue weighted by molar-refractivity contribution is -0.118. The number of pyridine rings is 1. The van der Waals surface area contributed by atoms with E-state index in [1.165, 1.54) is 0 Å². The first kappa shape index (κ1) is 19.9. The van der Waals surface area contributed by atoms with Gasteiger partial charge in [0.1, 0.15) is 5.52 Å². The minimum Gasteiger partial charge on any atom is -0.480 e. The van der Waals surface area contributed by atoms with Crippen molar-refractivity contribution in [2.75, 3.05) is 11.9 Å². The Kier molecular flexibility index (Phi) is 6.55. The molecule has 6 heteroatoms. The number of nitrogens with one attached hydrogen (secondary N) is 1. The molecule has 4 nitrogen and oxygen atoms in total. The average molecular weight is 495 g/mol. The minimum absolute atomic E-state index is 0.0927. The quantitative estimate of drug-likeness (QED) is 0.452. The van der Waals surface area contributed by atoms with Crippen molar-refractivity contribution in [2.24, 2.45) is 0 Å². The number of carbonyl (C=O) groups is 1. The molecule has 1 aromatic heterocycles. The lowest BCUT2D eigenvalue weighted by Gasteiger charge is -2.15. The lowest BCUT2D eigenvalue weighted by atomic mass is 10.0. The van der Waals surface area contributed by atoms with Crippen LogP contribution in [0.4, 0.5) is 5.69 Å². The lowest BCUT2D eigenvalue weighted by Crippen LogP contribution is -2.22. The van der Waals surface area contributed by atoms with Crippen LogP contribution in [0.3, 0.4) is 0 Å². The van der Waals surface area contributed by atoms with Crippen LogP contribution in [0.2, 0.25) is 5.02 Å². The van der Waals surface area contributed by atoms with Crippen LogP contribution in [0.1, 0.15) is 25.0 Å². The molecule has 1 amide bonds. The van der Waals surface area contributed by atoms with Gasteiger partial charge in [0.15, 0.2) is 12.4 Å². The molecule has 0 bridgehead atoms. The zero-order valence-corrected chi connectivity index (χ0v) is 18.1. The molecule has 0 saturated heterocycles. The Labute approximate surface area is 177 Å². The molecule has 2 aromatic carbocycles. The van der Waals surface area contributed by atoms with E-state index >= 15 is 0 Å². The third kappa shape index (κ3) is 4.35. The summed E-state index contributed by atoms with van der Waals surface area (Å²) >= 11 is 8.44. The number of hydrogen-bond donors (Lipinski definition) is 1. The number of rotatable bonds is 6. The molecule has 0 saturated carbocycles. The van der Waals surface area contributed by atoms with E-state index in [0.29, 0.717) is 16.3 Å². The fourth-order valence-electron chi connectivity index (χ4n) is 3.00. The summed E-state index contributed by atoms with van der Waals surface area (Å²) in [7, 11) is 0. The number of aromatic nitrogens is 1. The summed E-state index contributed by atoms with van der Waals surface area (Å²) in [4.78, 5) is 16.9. The number of amides is 1. The van der Waals surface area contributed by atoms with Crippen LogP contribution in [0, 0.1) is 3.57 Å². The maximum Gasteiger partial charge on any atom is 0.262 e. The van der Waals surface area contributed by atoms with Gasteiger partial charge in [-0.3, -0.25) is 9.78 Å². The molecule has 0 fully saturated rings. The summed E-state index contributed by atoms with van der Waals surface area (Å²) in [6.07, 6.45) is 3.40. The molecule has 0 unspecified atom stereocenters. The average Bonchev–Trinajstić information content (AvgIpc) is 2.68. The van der Waals surface area contributed by atoms with Gasteiger partial charge >= 0.3 is 0 Å². The highest BCUT2D eigenvalue weighted by atomic mass is 127. The fraction of sp³-hybridized carbons (Fsp3) is 0.238. The first-order valence-electron chi connectivity index (χ1n) is 8.81. The van der Waals surface area contributed by atoms with Gasteiger partial charge in [-0.2, -0.15) is 0 Å². The number of halogens is 2. The Balaban J connectivity index is 1.81. The summed E-state index contributed by atoms with van der Waals surface area (Å²) in [5.74, 6) is 0.380. The van der Waals surface area contributed by atoms with Crippen molar-refractivity contribution < 1.29 is 9.53 Å². The van der Waals surface area contributed by atoms with E-state index in [0.717, 1.165) is 38.6 Å². The second kappa shape index (κ2) is 8.89. The van der Waals surface area contributed by atoms with Crippen LogP contribution >= 0.6 is 34.2 Å². The minimum atomic E-state index is -0.194. The highest BCUT2D eigenvalue weighted by Gasteiger charge is 2.15. The van der Waals surface area contributed by atoms with E-state index in [-0.39, 0.29) is 12.5 Å². The van der Waals surface area contributed by atoms with Gasteiger partial charge in [-0.25, -0.2) is 0 Å². The van der Waals surface area contributed by atoms with E-state index < -0.39 is 0 Å². The number of nitrogens with zero attached hydrogens (tertiary/aromatic N) is 1. The number of benzene rings is 2. The van der Waals surface area contributed by atoms with Crippen molar-refractivity contribution in [3.8, 4) is 5.75 Å². The SMILES string of the molecule is CCc1cccc(CC)c1NC(=O)COc1c(I)cc(Cl)c2cccnc12. The molecule has 0 radical (unpaired) electrons. The van der Waals surface area contributed by atoms with E-state index in [9.17, 15) is 4.79 Å². The smallest absolute Gasteiger partial charge is 0.262 e. The van der Waals surface area contributed by atoms with Crippen molar-refractivity contribution in [1.82, 2.24) is 4.98 Å². The second-order valence-electron chi connectivity index (χ2n) is 6.06. The summed E-state index contributed by atoms with van der Waals surface area (Å²) < 4.78 is 6.66. The van der Waals surface area contributed by atoms with Gasteiger partial charge in [0.2, 0.25) is 0 Å². The molecule has 0 aliphatic rings. The number of para-hydroxylation sites is 1. The van der Waals surface area contributed by atoms with Gasteiger partial charge in [0.25, 0.3) is 5.91 Å². The van der Waals surface area contributed by atoms with Crippen LogP contribution in [-0.2, 0) is 17.6 Å². The standard InChI is InChI=1S/C21H20ClIN2O2/c1-3-13-7-5-8-14(4-2)19(13)25-18(26)12-27-21-17(23)11-16(22)15-9-6-10-24-20(15)21/h5-11H,3-4,12H2,1-2H3,(H,25,26). The predicted octanol–water partition coefficient (Wildman–Crippen LogP) is 5.64. The Hall–Kier alpha value is -1.86. The number of hydrogen-bond acceptors (Lipinski definition) is 3. The van der Waals surface area contributed by atoms with E-state index in [4.69, 9.17) is 16.3 Å². The fourth-order valence-corrected chi connectivity index (χ4v) is 4.17. The molecule has 0 atom stereocenters. The zero-order chi connectivity index (χ0) is 19.4.